The Morgan fingerprint density at radius 3 is 1.12 bits per heavy atom. The second-order valence-corrected chi connectivity index (χ2v) is 20.6. The van der Waals surface area contributed by atoms with Crippen molar-refractivity contribution in [2.45, 2.75) is 20.8 Å². The molecule has 0 fully saturated rings. The van der Waals surface area contributed by atoms with E-state index in [-0.39, 0.29) is 11.1 Å². The second-order valence-electron chi connectivity index (χ2n) is 9.71. The van der Waals surface area contributed by atoms with Gasteiger partial charge in [0.05, 0.1) is 0 Å². The van der Waals surface area contributed by atoms with Crippen molar-refractivity contribution >= 4 is 40.7 Å². The third kappa shape index (κ3) is 4.91. The van der Waals surface area contributed by atoms with E-state index >= 15 is 0 Å². The Bertz CT molecular complexity index is 1470. The first kappa shape index (κ1) is 27.3. The van der Waals surface area contributed by atoms with Crippen molar-refractivity contribution < 1.29 is 15.6 Å². The first-order chi connectivity index (χ1) is 19.3. The zero-order valence-electron chi connectivity index (χ0n) is 22.5. The molecule has 0 amide bonds. The van der Waals surface area contributed by atoms with Gasteiger partial charge >= 0.3 is 237 Å². The quantitative estimate of drug-likeness (QED) is 0.244. The fourth-order valence-corrected chi connectivity index (χ4v) is 17.4. The number of rotatable bonds is 7. The number of benzene rings is 3. The minimum atomic E-state index is -6.04. The molecule has 0 aliphatic heterocycles. The molecule has 0 unspecified atom stereocenters. The van der Waals surface area contributed by atoms with E-state index in [1.54, 1.807) is 36.7 Å². The van der Waals surface area contributed by atoms with Gasteiger partial charge in [-0.1, -0.05) is 0 Å². The summed E-state index contributed by atoms with van der Waals surface area (Å²) in [4.78, 5) is 36.4. The van der Waals surface area contributed by atoms with Crippen LogP contribution >= 0.6 is 0 Å². The van der Waals surface area contributed by atoms with Crippen LogP contribution in [0, 0.1) is 20.8 Å². The normalized spacial score (nSPS) is 12.1. The van der Waals surface area contributed by atoms with E-state index < -0.39 is 30.2 Å². The third-order valence-corrected chi connectivity index (χ3v) is 20.3. The Morgan fingerprint density at radius 1 is 0.525 bits per heavy atom. The molecular weight excluding hydrogens is 610 g/mol. The number of hydrogen-bond donors (Lipinski definition) is 0. The van der Waals surface area contributed by atoms with Gasteiger partial charge in [0.1, 0.15) is 0 Å². The maximum absolute atomic E-state index is 14.1. The Hall–Kier alpha value is -4.28. The van der Waals surface area contributed by atoms with Crippen LogP contribution in [0.4, 0.5) is 0 Å². The van der Waals surface area contributed by atoms with Gasteiger partial charge in [-0.15, -0.1) is 0 Å². The molecule has 2 aromatic heterocycles. The first-order valence-electron chi connectivity index (χ1n) is 12.8. The predicted octanol–water partition coefficient (Wildman–Crippen LogP) is 4.53. The number of nitrogens with zero attached hydrogens (tertiary/aromatic N) is 2. The molecule has 0 saturated carbocycles. The summed E-state index contributed by atoms with van der Waals surface area (Å²) < 4.78 is 15.6. The molecule has 200 valence electrons. The van der Waals surface area contributed by atoms with Gasteiger partial charge < -0.3 is 0 Å². The van der Waals surface area contributed by atoms with Crippen LogP contribution in [0.2, 0.25) is 0 Å². The van der Waals surface area contributed by atoms with Crippen molar-refractivity contribution in [2.75, 3.05) is 0 Å². The van der Waals surface area contributed by atoms with E-state index in [2.05, 4.69) is 9.97 Å². The average Bonchev–Trinajstić information content (AvgIpc) is 2.99. The summed E-state index contributed by atoms with van der Waals surface area (Å²) in [6.45, 7) is 5.94. The molecule has 0 saturated heterocycles. The fourth-order valence-electron chi connectivity index (χ4n) is 4.62. The molecule has 0 atom stereocenters. The van der Waals surface area contributed by atoms with Crippen LogP contribution in [0.5, 0.6) is 0 Å². The summed E-state index contributed by atoms with van der Waals surface area (Å²) in [6.07, 6.45) is 6.08. The summed E-state index contributed by atoms with van der Waals surface area (Å²) in [6, 6.07) is 29.7. The molecule has 0 spiro atoms. The molecule has 0 aliphatic carbocycles. The molecule has 0 N–H and O–H groups in total. The molecular formula is C33H29N2O4Sb. The van der Waals surface area contributed by atoms with Crippen LogP contribution in [0.3, 0.4) is 0 Å². The van der Waals surface area contributed by atoms with Crippen LogP contribution in [0.1, 0.15) is 37.4 Å². The topological polar surface area (TPSA) is 78.4 Å². The zero-order chi connectivity index (χ0) is 28.2. The summed E-state index contributed by atoms with van der Waals surface area (Å²) >= 11 is -6.04. The van der Waals surface area contributed by atoms with E-state index in [0.717, 1.165) is 16.7 Å². The zero-order valence-corrected chi connectivity index (χ0v) is 25.1. The van der Waals surface area contributed by atoms with Crippen LogP contribution in [-0.2, 0) is 6.03 Å². The van der Waals surface area contributed by atoms with Gasteiger partial charge in [-0.2, -0.15) is 0 Å². The van der Waals surface area contributed by atoms with Crippen LogP contribution < -0.4 is 10.5 Å². The first-order valence-corrected chi connectivity index (χ1v) is 18.8. The Labute approximate surface area is 235 Å². The van der Waals surface area contributed by atoms with E-state index in [9.17, 15) is 9.59 Å². The summed E-state index contributed by atoms with van der Waals surface area (Å²) in [5.41, 5.74) is 3.56. The molecule has 2 heterocycles. The molecule has 0 bridgehead atoms. The van der Waals surface area contributed by atoms with Crippen LogP contribution in [-0.4, -0.2) is 40.1 Å². The maximum atomic E-state index is 14.1. The van der Waals surface area contributed by atoms with Gasteiger partial charge in [0, 0.05) is 0 Å². The van der Waals surface area contributed by atoms with Gasteiger partial charge in [-0.3, -0.25) is 0 Å². The van der Waals surface area contributed by atoms with E-state index in [4.69, 9.17) is 6.03 Å². The number of aryl methyl sites for hydroxylation is 3. The SMILES string of the molecule is Cc1cc[c]([Sb]([O]C(=O)c2cccnc2)([O]C(=O)c2cccnc2)([c]2ccc(C)cc2)[c]2ccc(C)cc2)cc1. The van der Waals surface area contributed by atoms with Crippen molar-refractivity contribution in [2.24, 2.45) is 0 Å². The van der Waals surface area contributed by atoms with Gasteiger partial charge in [-0.05, 0) is 0 Å². The van der Waals surface area contributed by atoms with Gasteiger partial charge in [0.2, 0.25) is 0 Å². The van der Waals surface area contributed by atoms with Crippen LogP contribution in [0.25, 0.3) is 0 Å². The second kappa shape index (κ2) is 11.1. The summed E-state index contributed by atoms with van der Waals surface area (Å²) in [5, 5.41) is 0. The van der Waals surface area contributed by atoms with Crippen molar-refractivity contribution in [3.63, 3.8) is 0 Å². The molecule has 6 nitrogen and oxygen atoms in total. The Kier molecular flexibility index (Phi) is 7.55. The summed E-state index contributed by atoms with van der Waals surface area (Å²) in [5.74, 6) is -1.26. The van der Waals surface area contributed by atoms with Crippen LogP contribution in [0.15, 0.2) is 122 Å². The molecule has 0 radical (unpaired) electrons. The predicted molar refractivity (Wildman–Crippen MR) is 157 cm³/mol. The van der Waals surface area contributed by atoms with Crippen molar-refractivity contribution in [3.05, 3.63) is 150 Å². The fraction of sp³-hybridized carbons (Fsp3) is 0.0909. The number of pyridine rings is 2. The van der Waals surface area contributed by atoms with Crippen molar-refractivity contribution in [3.8, 4) is 0 Å². The van der Waals surface area contributed by atoms with Gasteiger partial charge in [0.15, 0.2) is 0 Å². The Balaban J connectivity index is 1.92. The number of carbonyl (C=O) groups is 2. The number of aromatic nitrogens is 2. The Morgan fingerprint density at radius 2 is 0.850 bits per heavy atom. The third-order valence-electron chi connectivity index (χ3n) is 6.82. The molecule has 7 heteroatoms. The molecule has 0 aliphatic rings. The molecule has 3 aromatic carbocycles. The van der Waals surface area contributed by atoms with Crippen molar-refractivity contribution in [1.29, 1.82) is 0 Å². The number of hydrogen-bond acceptors (Lipinski definition) is 6. The van der Waals surface area contributed by atoms with Gasteiger partial charge in [-0.25, -0.2) is 0 Å². The van der Waals surface area contributed by atoms with E-state index in [1.807, 2.05) is 93.6 Å². The summed E-state index contributed by atoms with van der Waals surface area (Å²) in [7, 11) is 0. The van der Waals surface area contributed by atoms with Crippen molar-refractivity contribution in [1.82, 2.24) is 9.97 Å². The van der Waals surface area contributed by atoms with Gasteiger partial charge in [0.25, 0.3) is 0 Å². The number of carbonyl (C=O) groups excluding carboxylic acids is 2. The van der Waals surface area contributed by atoms with E-state index in [1.165, 1.54) is 12.4 Å². The monoisotopic (exact) mass is 638 g/mol. The standard InChI is InChI=1S/3C7H7.2C6H5NO2.Sb/c3*1-7-5-3-2-4-6-7;2*8-6(9)5-2-1-3-7-4-5;/h3*3-6H,1H3;2*1-4H,(H,8,9);/q;;;;;+2/p-2. The molecule has 40 heavy (non-hydrogen) atoms. The minimum absolute atomic E-state index is 0.254. The van der Waals surface area contributed by atoms with E-state index in [0.29, 0.717) is 10.5 Å². The molecule has 5 aromatic rings. The molecule has 5 rings (SSSR count). The average molecular weight is 639 g/mol.